The van der Waals surface area contributed by atoms with Crippen molar-refractivity contribution in [2.75, 3.05) is 38.0 Å². The molecule has 7 rings (SSSR count). The molecule has 3 unspecified atom stereocenters. The highest BCUT2D eigenvalue weighted by Gasteiger charge is 2.60. The monoisotopic (exact) mass is 711 g/mol. The number of halogens is 6. The number of benzene rings is 1. The number of imidazole rings is 1. The molecule has 2 aromatic heterocycles. The van der Waals surface area contributed by atoms with E-state index in [0.29, 0.717) is 37.4 Å². The lowest BCUT2D eigenvalue weighted by Crippen LogP contribution is -2.49. The average molecular weight is 712 g/mol. The summed E-state index contributed by atoms with van der Waals surface area (Å²) in [5.41, 5.74) is -1.69. The summed E-state index contributed by atoms with van der Waals surface area (Å²) in [6, 6.07) is 2.18. The number of carbonyl (C=O) groups excluding carboxylic acids is 3. The van der Waals surface area contributed by atoms with Gasteiger partial charge in [-0.05, 0) is 36.0 Å². The van der Waals surface area contributed by atoms with Crippen molar-refractivity contribution in [3.63, 3.8) is 0 Å². The fourth-order valence-corrected chi connectivity index (χ4v) is 7.02. The molecule has 2 saturated carbocycles. The maximum absolute atomic E-state index is 13.8. The summed E-state index contributed by atoms with van der Waals surface area (Å²) in [4.78, 5) is 44.2. The van der Waals surface area contributed by atoms with Crippen LogP contribution in [0.25, 0.3) is 11.3 Å². The van der Waals surface area contributed by atoms with E-state index in [9.17, 15) is 41.4 Å². The van der Waals surface area contributed by atoms with Crippen LogP contribution in [0.15, 0.2) is 30.6 Å². The maximum Gasteiger partial charge on any atom is 0.435 e. The Bertz CT molecular complexity index is 1820. The van der Waals surface area contributed by atoms with Gasteiger partial charge < -0.3 is 35.8 Å². The molecule has 5 N–H and O–H groups in total. The van der Waals surface area contributed by atoms with Crippen molar-refractivity contribution >= 4 is 35.1 Å². The second-order valence-electron chi connectivity index (χ2n) is 12.9. The molecular weight excluding hydrogens is 681 g/mol. The van der Waals surface area contributed by atoms with Gasteiger partial charge in [-0.1, -0.05) is 11.6 Å². The Morgan fingerprint density at radius 2 is 1.86 bits per heavy atom. The molecule has 13 nitrogen and oxygen atoms in total. The highest BCUT2D eigenvalue weighted by molar-refractivity contribution is 6.34. The van der Waals surface area contributed by atoms with E-state index in [0.717, 1.165) is 17.0 Å². The van der Waals surface area contributed by atoms with E-state index in [1.165, 1.54) is 25.2 Å². The van der Waals surface area contributed by atoms with Crippen molar-refractivity contribution in [1.29, 1.82) is 0 Å². The summed E-state index contributed by atoms with van der Waals surface area (Å²) in [6.07, 6.45) is -4.29. The highest BCUT2D eigenvalue weighted by atomic mass is 35.5. The van der Waals surface area contributed by atoms with Crippen LogP contribution in [0.3, 0.4) is 0 Å². The number of aliphatic hydroxyl groups excluding tert-OH is 1. The predicted molar refractivity (Wildman–Crippen MR) is 163 cm³/mol. The Balaban J connectivity index is 0.938. The fourth-order valence-electron chi connectivity index (χ4n) is 6.75. The molecule has 4 heterocycles. The van der Waals surface area contributed by atoms with Crippen molar-refractivity contribution in [2.24, 2.45) is 24.8 Å². The van der Waals surface area contributed by atoms with Gasteiger partial charge in [-0.2, -0.15) is 18.3 Å². The molecule has 3 aromatic rings. The lowest BCUT2D eigenvalue weighted by atomic mass is 10.1. The molecule has 5 atom stereocenters. The van der Waals surface area contributed by atoms with E-state index < -0.39 is 53.7 Å². The van der Waals surface area contributed by atoms with Crippen LogP contribution in [0.5, 0.6) is 0 Å². The number of rotatable bonds is 8. The number of amides is 4. The number of anilines is 1. The number of hydrogen-bond acceptors (Lipinski definition) is 7. The van der Waals surface area contributed by atoms with Gasteiger partial charge in [0.15, 0.2) is 11.5 Å². The van der Waals surface area contributed by atoms with E-state index in [2.05, 4.69) is 31.3 Å². The van der Waals surface area contributed by atoms with Crippen LogP contribution in [-0.2, 0) is 13.2 Å². The zero-order valence-corrected chi connectivity index (χ0v) is 26.5. The van der Waals surface area contributed by atoms with E-state index in [1.54, 1.807) is 4.90 Å². The third-order valence-electron chi connectivity index (χ3n) is 9.70. The minimum Gasteiger partial charge on any atom is -0.390 e. The van der Waals surface area contributed by atoms with Gasteiger partial charge in [0.05, 0.1) is 40.2 Å². The smallest absolute Gasteiger partial charge is 0.390 e. The van der Waals surface area contributed by atoms with E-state index >= 15 is 0 Å². The molecule has 49 heavy (non-hydrogen) atoms. The molecule has 2 saturated heterocycles. The summed E-state index contributed by atoms with van der Waals surface area (Å²) in [5, 5.41) is 24.6. The fraction of sp³-hybridized carbons (Fsp3) is 0.500. The Morgan fingerprint density at radius 1 is 1.14 bits per heavy atom. The first-order chi connectivity index (χ1) is 23.1. The predicted octanol–water partition coefficient (Wildman–Crippen LogP) is 2.74. The second kappa shape index (κ2) is 11.9. The number of alkyl halides is 5. The van der Waals surface area contributed by atoms with Gasteiger partial charge in [-0.25, -0.2) is 18.6 Å². The zero-order chi connectivity index (χ0) is 35.0. The van der Waals surface area contributed by atoms with Crippen molar-refractivity contribution < 1.29 is 41.4 Å². The molecule has 0 radical (unpaired) electrons. The summed E-state index contributed by atoms with van der Waals surface area (Å²) < 4.78 is 70.1. The van der Waals surface area contributed by atoms with Crippen molar-refractivity contribution in [3.8, 4) is 11.3 Å². The summed E-state index contributed by atoms with van der Waals surface area (Å²) in [7, 11) is 1.31. The van der Waals surface area contributed by atoms with Gasteiger partial charge in [-0.3, -0.25) is 14.3 Å². The summed E-state index contributed by atoms with van der Waals surface area (Å²) >= 11 is 6.37. The molecular formula is C30H31ClF5N9O4. The van der Waals surface area contributed by atoms with Crippen LogP contribution in [-0.4, -0.2) is 98.0 Å². The van der Waals surface area contributed by atoms with E-state index in [1.807, 2.05) is 0 Å². The number of piperidine rings is 1. The molecule has 0 spiro atoms. The van der Waals surface area contributed by atoms with Gasteiger partial charge in [0.25, 0.3) is 17.7 Å². The Kier molecular flexibility index (Phi) is 8.10. The molecule has 0 bridgehead atoms. The standard InChI is InChI=1S/C30H31ClF5N9O4/c1-43-21(18-12-45(23-5-29(23,32)33)42-24(18)30(34,35)36)8-38-25(43)27(48)40-13-2-3-14(19(31)4-13)26(47)39-6-15-16-10-44(11-17(15)16)28(49)41-20-7-37-9-22(20)46/h2-4,8,12,15-17,20,22-23,37,46H,5-7,9-11H2,1H3,(H,39,47)(H,40,48)(H,41,49)/t15?,16?,17?,20-,22-,23?/m0/s1. The Labute approximate surface area is 280 Å². The number of aliphatic hydroxyl groups is 1. The third kappa shape index (κ3) is 6.32. The van der Waals surface area contributed by atoms with Crippen LogP contribution < -0.4 is 21.3 Å². The first-order valence-corrected chi connectivity index (χ1v) is 15.9. The number of likely N-dealkylation sites (tertiary alicyclic amines) is 1. The molecule has 4 amide bonds. The number of aromatic nitrogens is 4. The number of hydrogen-bond donors (Lipinski definition) is 5. The van der Waals surface area contributed by atoms with E-state index in [4.69, 9.17) is 11.6 Å². The van der Waals surface area contributed by atoms with Gasteiger partial charge in [0.2, 0.25) is 0 Å². The Morgan fingerprint density at radius 3 is 2.47 bits per heavy atom. The number of fused-ring (bicyclic) bond motifs is 1. The summed E-state index contributed by atoms with van der Waals surface area (Å²) in [5.74, 6) is -3.92. The zero-order valence-electron chi connectivity index (χ0n) is 25.8. The molecule has 4 aliphatic rings. The minimum atomic E-state index is -4.95. The Hall–Kier alpha value is -4.29. The largest absolute Gasteiger partial charge is 0.435 e. The first kappa shape index (κ1) is 33.2. The third-order valence-corrected chi connectivity index (χ3v) is 10.0. The van der Waals surface area contributed by atoms with Crippen molar-refractivity contribution in [3.05, 3.63) is 52.7 Å². The van der Waals surface area contributed by atoms with Gasteiger partial charge in [-0.15, -0.1) is 0 Å². The highest BCUT2D eigenvalue weighted by Crippen LogP contribution is 2.53. The molecule has 1 aromatic carbocycles. The van der Waals surface area contributed by atoms with Crippen molar-refractivity contribution in [2.45, 2.75) is 36.7 Å². The lowest BCUT2D eigenvalue weighted by molar-refractivity contribution is -0.141. The molecule has 262 valence electrons. The number of carbonyl (C=O) groups is 3. The molecule has 2 aliphatic heterocycles. The van der Waals surface area contributed by atoms with Crippen LogP contribution in [0.4, 0.5) is 32.4 Å². The van der Waals surface area contributed by atoms with Crippen LogP contribution in [0.1, 0.15) is 39.1 Å². The van der Waals surface area contributed by atoms with E-state index in [-0.39, 0.29) is 57.6 Å². The van der Waals surface area contributed by atoms with Crippen molar-refractivity contribution in [1.82, 2.24) is 40.2 Å². The first-order valence-electron chi connectivity index (χ1n) is 15.5. The summed E-state index contributed by atoms with van der Waals surface area (Å²) in [6.45, 7) is 2.47. The average Bonchev–Trinajstić information content (AvgIpc) is 3.47. The lowest BCUT2D eigenvalue weighted by Gasteiger charge is -2.24. The molecule has 4 fully saturated rings. The SMILES string of the molecule is Cn1c(-c2cn(C3CC3(F)F)nc2C(F)(F)F)cnc1C(=O)Nc1ccc(C(=O)NCC2C3CN(C(=O)N[C@H]4CNC[C@@H]4O)CC23)c(Cl)c1. The van der Waals surface area contributed by atoms with Gasteiger partial charge in [0, 0.05) is 58.1 Å². The van der Waals surface area contributed by atoms with Gasteiger partial charge in [0.1, 0.15) is 6.04 Å². The van der Waals surface area contributed by atoms with Gasteiger partial charge >= 0.3 is 12.2 Å². The quantitative estimate of drug-likeness (QED) is 0.225. The van der Waals surface area contributed by atoms with Crippen LogP contribution in [0, 0.1) is 17.8 Å². The normalized spacial score (nSPS) is 26.7. The minimum absolute atomic E-state index is 0.0392. The molecule has 19 heteroatoms. The number of nitrogens with one attached hydrogen (secondary N) is 4. The number of urea groups is 1. The topological polar surface area (TPSA) is 158 Å². The number of β-amino-alcohol motifs (C(OH)–C–C–N with tert-alkyl or cyclic N) is 1. The number of nitrogens with zero attached hydrogens (tertiary/aromatic N) is 5. The maximum atomic E-state index is 13.8. The van der Waals surface area contributed by atoms with Crippen LogP contribution in [0.2, 0.25) is 5.02 Å². The van der Waals surface area contributed by atoms with Crippen LogP contribution >= 0.6 is 11.6 Å². The second-order valence-corrected chi connectivity index (χ2v) is 13.3. The molecule has 2 aliphatic carbocycles.